The minimum absolute atomic E-state index is 0.608. The van der Waals surface area contributed by atoms with Crippen LogP contribution in [0.3, 0.4) is 0 Å². The Bertz CT molecular complexity index is 590. The van der Waals surface area contributed by atoms with Crippen LogP contribution in [-0.4, -0.2) is 12.8 Å². The molecular formula is C17H18ClNO. The van der Waals surface area contributed by atoms with Gasteiger partial charge in [-0.25, -0.2) is 0 Å². The third kappa shape index (κ3) is 3.84. The molecule has 20 heavy (non-hydrogen) atoms. The molecule has 0 bridgehead atoms. The van der Waals surface area contributed by atoms with Gasteiger partial charge >= 0.3 is 0 Å². The van der Waals surface area contributed by atoms with Crippen molar-refractivity contribution < 1.29 is 4.74 Å². The molecule has 0 aliphatic rings. The van der Waals surface area contributed by atoms with E-state index in [1.54, 1.807) is 0 Å². The molecule has 0 N–H and O–H groups in total. The Hall–Kier alpha value is -1.80. The highest BCUT2D eigenvalue weighted by atomic mass is 35.5. The first-order chi connectivity index (χ1) is 9.72. The topological polar surface area (TPSA) is 21.6 Å². The van der Waals surface area contributed by atoms with Crippen molar-refractivity contribution in [1.29, 1.82) is 0 Å². The average Bonchev–Trinajstić information content (AvgIpc) is 2.48. The van der Waals surface area contributed by atoms with Crippen molar-refractivity contribution in [3.8, 4) is 5.75 Å². The van der Waals surface area contributed by atoms with Gasteiger partial charge in [0.2, 0.25) is 0 Å². The zero-order valence-electron chi connectivity index (χ0n) is 11.8. The van der Waals surface area contributed by atoms with Crippen molar-refractivity contribution in [1.82, 2.24) is 0 Å². The Morgan fingerprint density at radius 1 is 1.10 bits per heavy atom. The molecule has 0 heterocycles. The Morgan fingerprint density at radius 3 is 2.45 bits per heavy atom. The Kier molecular flexibility index (Phi) is 5.19. The lowest BCUT2D eigenvalue weighted by Gasteiger charge is -2.05. The quantitative estimate of drug-likeness (QED) is 0.705. The summed E-state index contributed by atoms with van der Waals surface area (Å²) >= 11 is 6.14. The SMILES string of the molecule is CCOc1ccc(C=Nc2ccc(CC)cc2)cc1Cl. The van der Waals surface area contributed by atoms with Crippen molar-refractivity contribution in [2.24, 2.45) is 4.99 Å². The third-order valence-corrected chi connectivity index (χ3v) is 3.26. The van der Waals surface area contributed by atoms with Crippen LogP contribution in [0.5, 0.6) is 5.75 Å². The van der Waals surface area contributed by atoms with Crippen LogP contribution in [0.2, 0.25) is 5.02 Å². The fraction of sp³-hybridized carbons (Fsp3) is 0.235. The summed E-state index contributed by atoms with van der Waals surface area (Å²) in [6, 6.07) is 13.9. The molecule has 2 aromatic carbocycles. The molecule has 2 nitrogen and oxygen atoms in total. The van der Waals surface area contributed by atoms with Crippen LogP contribution in [0.1, 0.15) is 25.0 Å². The van der Waals surface area contributed by atoms with Crippen LogP contribution in [0, 0.1) is 0 Å². The van der Waals surface area contributed by atoms with E-state index >= 15 is 0 Å². The molecule has 0 aliphatic heterocycles. The average molecular weight is 288 g/mol. The molecule has 0 amide bonds. The molecule has 2 rings (SSSR count). The standard InChI is InChI=1S/C17H18ClNO/c1-3-13-5-8-15(9-6-13)19-12-14-7-10-17(20-4-2)16(18)11-14/h5-12H,3-4H2,1-2H3. The van der Waals surface area contributed by atoms with Crippen molar-refractivity contribution in [3.63, 3.8) is 0 Å². The van der Waals surface area contributed by atoms with Crippen molar-refractivity contribution >= 4 is 23.5 Å². The van der Waals surface area contributed by atoms with E-state index in [1.165, 1.54) is 5.56 Å². The number of nitrogens with zero attached hydrogens (tertiary/aromatic N) is 1. The lowest BCUT2D eigenvalue weighted by molar-refractivity contribution is 0.340. The van der Waals surface area contributed by atoms with Crippen LogP contribution in [-0.2, 0) is 6.42 Å². The van der Waals surface area contributed by atoms with Crippen LogP contribution in [0.15, 0.2) is 47.5 Å². The van der Waals surface area contributed by atoms with Crippen LogP contribution in [0.4, 0.5) is 5.69 Å². The molecule has 0 radical (unpaired) electrons. The van der Waals surface area contributed by atoms with Gasteiger partial charge in [0.15, 0.2) is 0 Å². The third-order valence-electron chi connectivity index (χ3n) is 2.96. The second-order valence-corrected chi connectivity index (χ2v) is 4.81. The summed E-state index contributed by atoms with van der Waals surface area (Å²) in [5.41, 5.74) is 3.21. The number of hydrogen-bond donors (Lipinski definition) is 0. The molecule has 0 atom stereocenters. The van der Waals surface area contributed by atoms with E-state index in [0.717, 1.165) is 17.7 Å². The van der Waals surface area contributed by atoms with E-state index < -0.39 is 0 Å². The van der Waals surface area contributed by atoms with E-state index in [-0.39, 0.29) is 0 Å². The van der Waals surface area contributed by atoms with Crippen LogP contribution < -0.4 is 4.74 Å². The van der Waals surface area contributed by atoms with Crippen molar-refractivity contribution in [2.75, 3.05) is 6.61 Å². The molecule has 104 valence electrons. The summed E-state index contributed by atoms with van der Waals surface area (Å²) in [7, 11) is 0. The predicted molar refractivity (Wildman–Crippen MR) is 85.7 cm³/mol. The van der Waals surface area contributed by atoms with E-state index in [2.05, 4.69) is 24.0 Å². The first kappa shape index (κ1) is 14.6. The molecule has 0 aliphatic carbocycles. The Balaban J connectivity index is 2.12. The number of aliphatic imine (C=N–C) groups is 1. The number of halogens is 1. The molecule has 0 saturated carbocycles. The number of aryl methyl sites for hydroxylation is 1. The zero-order valence-corrected chi connectivity index (χ0v) is 12.5. The fourth-order valence-corrected chi connectivity index (χ4v) is 2.08. The van der Waals surface area contributed by atoms with Gasteiger partial charge in [-0.05, 0) is 54.8 Å². The maximum Gasteiger partial charge on any atom is 0.137 e. The van der Waals surface area contributed by atoms with Gasteiger partial charge in [-0.2, -0.15) is 0 Å². The lowest BCUT2D eigenvalue weighted by Crippen LogP contribution is -1.92. The number of rotatable bonds is 5. The minimum Gasteiger partial charge on any atom is -0.492 e. The zero-order chi connectivity index (χ0) is 14.4. The molecule has 0 spiro atoms. The summed E-state index contributed by atoms with van der Waals surface area (Å²) in [6.45, 7) is 4.68. The normalized spacial score (nSPS) is 10.9. The largest absolute Gasteiger partial charge is 0.492 e. The molecule has 0 saturated heterocycles. The Labute approximate surface area is 125 Å². The predicted octanol–water partition coefficient (Wildman–Crippen LogP) is 5.05. The van der Waals surface area contributed by atoms with Crippen LogP contribution >= 0.6 is 11.6 Å². The molecule has 0 unspecified atom stereocenters. The second kappa shape index (κ2) is 7.11. The van der Waals surface area contributed by atoms with Gasteiger partial charge < -0.3 is 4.74 Å². The maximum absolute atomic E-state index is 6.14. The monoisotopic (exact) mass is 287 g/mol. The van der Waals surface area contributed by atoms with Crippen LogP contribution in [0.25, 0.3) is 0 Å². The molecule has 0 aromatic heterocycles. The molecular weight excluding hydrogens is 270 g/mol. The van der Waals surface area contributed by atoms with Gasteiger partial charge in [0.1, 0.15) is 5.75 Å². The lowest BCUT2D eigenvalue weighted by atomic mass is 10.1. The van der Waals surface area contributed by atoms with E-state index in [4.69, 9.17) is 16.3 Å². The summed E-state index contributed by atoms with van der Waals surface area (Å²) in [5, 5.41) is 0.608. The maximum atomic E-state index is 6.14. The number of hydrogen-bond acceptors (Lipinski definition) is 2. The summed E-state index contributed by atoms with van der Waals surface area (Å²) in [6.07, 6.45) is 2.85. The first-order valence-electron chi connectivity index (χ1n) is 6.78. The van der Waals surface area contributed by atoms with Gasteiger partial charge in [-0.1, -0.05) is 30.7 Å². The highest BCUT2D eigenvalue weighted by Crippen LogP contribution is 2.25. The number of ether oxygens (including phenoxy) is 1. The number of benzene rings is 2. The van der Waals surface area contributed by atoms with Gasteiger partial charge in [0.05, 0.1) is 17.3 Å². The highest BCUT2D eigenvalue weighted by molar-refractivity contribution is 6.32. The minimum atomic E-state index is 0.608. The molecule has 0 fully saturated rings. The first-order valence-corrected chi connectivity index (χ1v) is 7.16. The van der Waals surface area contributed by atoms with Gasteiger partial charge in [0.25, 0.3) is 0 Å². The smallest absolute Gasteiger partial charge is 0.137 e. The van der Waals surface area contributed by atoms with E-state index in [1.807, 2.05) is 43.5 Å². The van der Waals surface area contributed by atoms with Crippen molar-refractivity contribution in [2.45, 2.75) is 20.3 Å². The van der Waals surface area contributed by atoms with E-state index in [0.29, 0.717) is 17.4 Å². The summed E-state index contributed by atoms with van der Waals surface area (Å²) in [5.74, 6) is 0.707. The second-order valence-electron chi connectivity index (χ2n) is 4.40. The van der Waals surface area contributed by atoms with Gasteiger partial charge in [-0.3, -0.25) is 4.99 Å². The molecule has 3 heteroatoms. The Morgan fingerprint density at radius 2 is 1.85 bits per heavy atom. The van der Waals surface area contributed by atoms with E-state index in [9.17, 15) is 0 Å². The van der Waals surface area contributed by atoms with Crippen molar-refractivity contribution in [3.05, 3.63) is 58.6 Å². The summed E-state index contributed by atoms with van der Waals surface area (Å²) in [4.78, 5) is 4.44. The van der Waals surface area contributed by atoms with Gasteiger partial charge in [0, 0.05) is 6.21 Å². The van der Waals surface area contributed by atoms with Gasteiger partial charge in [-0.15, -0.1) is 0 Å². The molecule has 2 aromatic rings. The fourth-order valence-electron chi connectivity index (χ4n) is 1.84. The highest BCUT2D eigenvalue weighted by Gasteiger charge is 2.01. The summed E-state index contributed by atoms with van der Waals surface area (Å²) < 4.78 is 5.40.